The molecule has 1 fully saturated rings. The van der Waals surface area contributed by atoms with E-state index in [1.165, 1.54) is 16.0 Å². The molecule has 1 aliphatic heterocycles. The summed E-state index contributed by atoms with van der Waals surface area (Å²) in [6.07, 6.45) is 5.08. The summed E-state index contributed by atoms with van der Waals surface area (Å²) in [5.74, 6) is 0.150. The summed E-state index contributed by atoms with van der Waals surface area (Å²) in [5, 5.41) is 14.5. The van der Waals surface area contributed by atoms with Gasteiger partial charge in [-0.2, -0.15) is 5.10 Å². The summed E-state index contributed by atoms with van der Waals surface area (Å²) < 4.78 is 3.11. The molecule has 27 heavy (non-hydrogen) atoms. The zero-order valence-electron chi connectivity index (χ0n) is 15.0. The predicted octanol–water partition coefficient (Wildman–Crippen LogP) is 1.84. The van der Waals surface area contributed by atoms with E-state index in [1.54, 1.807) is 43.3 Å². The van der Waals surface area contributed by atoms with Crippen molar-refractivity contribution in [2.75, 3.05) is 11.9 Å². The van der Waals surface area contributed by atoms with Crippen molar-refractivity contribution in [3.05, 3.63) is 46.0 Å². The molecule has 1 atom stereocenters. The summed E-state index contributed by atoms with van der Waals surface area (Å²) in [6.45, 7) is 0.702. The summed E-state index contributed by atoms with van der Waals surface area (Å²) in [7, 11) is 3.50. The minimum atomic E-state index is -0.228. The maximum absolute atomic E-state index is 12.9. The molecule has 0 spiro atoms. The van der Waals surface area contributed by atoms with Crippen molar-refractivity contribution in [3.8, 4) is 0 Å². The average Bonchev–Trinajstić information content (AvgIpc) is 3.41. The first-order chi connectivity index (χ1) is 13.0. The summed E-state index contributed by atoms with van der Waals surface area (Å²) >= 11 is 1.40. The van der Waals surface area contributed by atoms with E-state index in [4.69, 9.17) is 0 Å². The molecule has 3 aromatic rings. The lowest BCUT2D eigenvalue weighted by molar-refractivity contribution is 0.0726. The molecule has 1 aliphatic rings. The predicted molar refractivity (Wildman–Crippen MR) is 99.5 cm³/mol. The lowest BCUT2D eigenvalue weighted by Crippen LogP contribution is -2.31. The Morgan fingerprint density at radius 2 is 2.11 bits per heavy atom. The number of amides is 2. The number of carbonyl (C=O) groups excluding carboxylic acids is 2. The van der Waals surface area contributed by atoms with Crippen LogP contribution in [0, 0.1) is 0 Å². The fourth-order valence-corrected chi connectivity index (χ4v) is 4.32. The van der Waals surface area contributed by atoms with E-state index in [0.29, 0.717) is 22.9 Å². The minimum Gasteiger partial charge on any atom is -0.329 e. The SMILES string of the molecule is Cn1cc(NC(=O)c2ccc([C@@H]3CCCN3C(=O)c3ccnn3C)s2)nn1. The van der Waals surface area contributed by atoms with E-state index >= 15 is 0 Å². The third kappa shape index (κ3) is 3.35. The van der Waals surface area contributed by atoms with E-state index in [9.17, 15) is 9.59 Å². The molecule has 1 N–H and O–H groups in total. The van der Waals surface area contributed by atoms with Crippen LogP contribution in [0.5, 0.6) is 0 Å². The molecule has 2 amide bonds. The molecule has 0 aliphatic carbocycles. The van der Waals surface area contributed by atoms with Gasteiger partial charge in [-0.05, 0) is 31.0 Å². The highest BCUT2D eigenvalue weighted by Gasteiger charge is 2.33. The fourth-order valence-electron chi connectivity index (χ4n) is 3.27. The van der Waals surface area contributed by atoms with Crippen molar-refractivity contribution in [1.82, 2.24) is 29.7 Å². The average molecular weight is 385 g/mol. The maximum atomic E-state index is 12.9. The smallest absolute Gasteiger partial charge is 0.272 e. The molecule has 4 heterocycles. The third-order valence-electron chi connectivity index (χ3n) is 4.58. The van der Waals surface area contributed by atoms with Crippen LogP contribution in [-0.4, -0.2) is 48.0 Å². The number of aromatic nitrogens is 5. The second-order valence-electron chi connectivity index (χ2n) is 6.43. The van der Waals surface area contributed by atoms with Crippen molar-refractivity contribution >= 4 is 29.0 Å². The molecule has 3 aromatic heterocycles. The van der Waals surface area contributed by atoms with Crippen LogP contribution in [0.25, 0.3) is 0 Å². The molecule has 0 saturated carbocycles. The third-order valence-corrected chi connectivity index (χ3v) is 5.76. The first kappa shape index (κ1) is 17.4. The van der Waals surface area contributed by atoms with Gasteiger partial charge < -0.3 is 10.2 Å². The van der Waals surface area contributed by atoms with Gasteiger partial charge in [0.2, 0.25) is 0 Å². The van der Waals surface area contributed by atoms with Gasteiger partial charge in [0.05, 0.1) is 17.1 Å². The Morgan fingerprint density at radius 3 is 2.81 bits per heavy atom. The Kier molecular flexibility index (Phi) is 4.48. The first-order valence-electron chi connectivity index (χ1n) is 8.59. The molecule has 4 rings (SSSR count). The molecule has 0 unspecified atom stereocenters. The topological polar surface area (TPSA) is 97.9 Å². The number of carbonyl (C=O) groups is 2. The molecule has 0 radical (unpaired) electrons. The van der Waals surface area contributed by atoms with E-state index in [0.717, 1.165) is 17.7 Å². The number of hydrogen-bond acceptors (Lipinski definition) is 6. The van der Waals surface area contributed by atoms with Crippen LogP contribution in [0.15, 0.2) is 30.6 Å². The molecule has 10 heteroatoms. The van der Waals surface area contributed by atoms with Gasteiger partial charge in [0.25, 0.3) is 11.8 Å². The number of rotatable bonds is 4. The minimum absolute atomic E-state index is 0.0181. The standard InChI is InChI=1S/C17H19N7O2S/c1-22-10-15(20-21-22)19-16(25)14-6-5-13(27-14)11-4-3-9-24(11)17(26)12-7-8-18-23(12)2/h5-8,10-11H,3-4,9H2,1-2H3,(H,19,25)/t11-/m0/s1. The fraction of sp³-hybridized carbons (Fsp3) is 0.353. The van der Waals surface area contributed by atoms with Gasteiger partial charge in [-0.3, -0.25) is 19.0 Å². The number of aryl methyl sites for hydroxylation is 2. The van der Waals surface area contributed by atoms with Crippen LogP contribution >= 0.6 is 11.3 Å². The quantitative estimate of drug-likeness (QED) is 0.739. The number of likely N-dealkylation sites (tertiary alicyclic amines) is 1. The van der Waals surface area contributed by atoms with Gasteiger partial charge in [0.15, 0.2) is 5.82 Å². The van der Waals surface area contributed by atoms with Crippen molar-refractivity contribution < 1.29 is 9.59 Å². The van der Waals surface area contributed by atoms with E-state index < -0.39 is 0 Å². The maximum Gasteiger partial charge on any atom is 0.272 e. The van der Waals surface area contributed by atoms with Gasteiger partial charge >= 0.3 is 0 Å². The van der Waals surface area contributed by atoms with Crippen LogP contribution in [0.2, 0.25) is 0 Å². The molecular formula is C17H19N7O2S. The molecule has 0 aromatic carbocycles. The van der Waals surface area contributed by atoms with Crippen LogP contribution in [0.3, 0.4) is 0 Å². The first-order valence-corrected chi connectivity index (χ1v) is 9.41. The number of thiophene rings is 1. The molecule has 9 nitrogen and oxygen atoms in total. The Labute approximate surface area is 159 Å². The summed E-state index contributed by atoms with van der Waals surface area (Å²) in [4.78, 5) is 28.8. The number of nitrogens with one attached hydrogen (secondary N) is 1. The van der Waals surface area contributed by atoms with Gasteiger partial charge in [-0.15, -0.1) is 16.4 Å². The van der Waals surface area contributed by atoms with E-state index in [2.05, 4.69) is 20.7 Å². The lowest BCUT2D eigenvalue weighted by Gasteiger charge is -2.23. The van der Waals surface area contributed by atoms with Crippen molar-refractivity contribution in [3.63, 3.8) is 0 Å². The number of nitrogens with zero attached hydrogens (tertiary/aromatic N) is 6. The number of anilines is 1. The Bertz CT molecular complexity index is 989. The zero-order valence-corrected chi connectivity index (χ0v) is 15.8. The molecule has 0 bridgehead atoms. The molecule has 140 valence electrons. The number of hydrogen-bond donors (Lipinski definition) is 1. The monoisotopic (exact) mass is 385 g/mol. The van der Waals surface area contributed by atoms with E-state index in [1.807, 2.05) is 11.0 Å². The van der Waals surface area contributed by atoms with Crippen LogP contribution in [0.4, 0.5) is 5.82 Å². The van der Waals surface area contributed by atoms with Crippen molar-refractivity contribution in [2.45, 2.75) is 18.9 Å². The van der Waals surface area contributed by atoms with E-state index in [-0.39, 0.29) is 17.9 Å². The van der Waals surface area contributed by atoms with Gasteiger partial charge in [0, 0.05) is 31.7 Å². The van der Waals surface area contributed by atoms with Crippen LogP contribution in [-0.2, 0) is 14.1 Å². The van der Waals surface area contributed by atoms with Gasteiger partial charge in [-0.25, -0.2) is 0 Å². The van der Waals surface area contributed by atoms with Gasteiger partial charge in [0.1, 0.15) is 5.69 Å². The van der Waals surface area contributed by atoms with Crippen LogP contribution in [0.1, 0.15) is 43.9 Å². The zero-order chi connectivity index (χ0) is 19.0. The second-order valence-corrected chi connectivity index (χ2v) is 7.55. The Morgan fingerprint density at radius 1 is 1.26 bits per heavy atom. The Balaban J connectivity index is 1.51. The second kappa shape index (κ2) is 6.95. The Hall–Kier alpha value is -3.01. The highest BCUT2D eigenvalue weighted by Crippen LogP contribution is 2.36. The van der Waals surface area contributed by atoms with Crippen molar-refractivity contribution in [1.29, 1.82) is 0 Å². The summed E-state index contributed by atoms with van der Waals surface area (Å²) in [5.41, 5.74) is 0.569. The normalized spacial score (nSPS) is 16.7. The molecule has 1 saturated heterocycles. The summed E-state index contributed by atoms with van der Waals surface area (Å²) in [6, 6.07) is 5.42. The largest absolute Gasteiger partial charge is 0.329 e. The van der Waals surface area contributed by atoms with Gasteiger partial charge in [-0.1, -0.05) is 5.21 Å². The highest BCUT2D eigenvalue weighted by molar-refractivity contribution is 7.14. The van der Waals surface area contributed by atoms with Crippen LogP contribution < -0.4 is 5.32 Å². The van der Waals surface area contributed by atoms with Crippen molar-refractivity contribution in [2.24, 2.45) is 14.1 Å². The molecular weight excluding hydrogens is 366 g/mol. The lowest BCUT2D eigenvalue weighted by atomic mass is 10.2. The highest BCUT2D eigenvalue weighted by atomic mass is 32.1.